The topological polar surface area (TPSA) is 68.3 Å². The van der Waals surface area contributed by atoms with Crippen molar-refractivity contribution >= 4 is 28.9 Å². The normalized spacial score (nSPS) is 10.6. The molecule has 3 rings (SSSR count). The van der Waals surface area contributed by atoms with Crippen molar-refractivity contribution in [3.8, 4) is 0 Å². The molecule has 1 heterocycles. The lowest BCUT2D eigenvalue weighted by Crippen LogP contribution is -2.12. The molecule has 3 aromatic rings. The lowest BCUT2D eigenvalue weighted by Gasteiger charge is -2.07. The number of aromatic nitrogens is 1. The number of anilines is 1. The number of nitrogens with zero attached hydrogens (tertiary/aromatic N) is 1. The van der Waals surface area contributed by atoms with Gasteiger partial charge in [-0.15, -0.1) is 11.3 Å². The Hall–Kier alpha value is -2.99. The van der Waals surface area contributed by atoms with E-state index in [1.165, 1.54) is 16.9 Å². The highest BCUT2D eigenvalue weighted by Crippen LogP contribution is 2.18. The predicted octanol–water partition coefficient (Wildman–Crippen LogP) is 4.88. The van der Waals surface area contributed by atoms with E-state index in [1.807, 2.05) is 30.3 Å². The van der Waals surface area contributed by atoms with E-state index in [1.54, 1.807) is 29.6 Å². The van der Waals surface area contributed by atoms with Crippen molar-refractivity contribution in [1.29, 1.82) is 0 Å². The maximum Gasteiger partial charge on any atom is 0.338 e. The third-order valence-corrected chi connectivity index (χ3v) is 4.78. The number of amides is 1. The van der Waals surface area contributed by atoms with Crippen LogP contribution in [0.5, 0.6) is 0 Å². The molecule has 0 unspecified atom stereocenters. The van der Waals surface area contributed by atoms with E-state index in [9.17, 15) is 9.59 Å². The molecule has 1 N–H and O–H groups in total. The third kappa shape index (κ3) is 5.01. The highest BCUT2D eigenvalue weighted by atomic mass is 32.1. The zero-order valence-corrected chi connectivity index (χ0v) is 16.0. The first-order valence-corrected chi connectivity index (χ1v) is 9.49. The second kappa shape index (κ2) is 8.60. The summed E-state index contributed by atoms with van der Waals surface area (Å²) in [7, 11) is 0. The Morgan fingerprint density at radius 2 is 1.78 bits per heavy atom. The molecule has 2 aromatic carbocycles. The summed E-state index contributed by atoms with van der Waals surface area (Å²) in [6.45, 7) is 4.28. The SMILES string of the molecule is CC(C)c1ccc(NC(=O)c2csc(COC(=O)c3ccccc3)n2)cc1. The molecule has 27 heavy (non-hydrogen) atoms. The Bertz CT molecular complexity index is 918. The van der Waals surface area contributed by atoms with Crippen LogP contribution in [0.25, 0.3) is 0 Å². The smallest absolute Gasteiger partial charge is 0.338 e. The molecule has 5 nitrogen and oxygen atoms in total. The molecular weight excluding hydrogens is 360 g/mol. The highest BCUT2D eigenvalue weighted by Gasteiger charge is 2.13. The van der Waals surface area contributed by atoms with Crippen LogP contribution in [0, 0.1) is 0 Å². The molecule has 0 atom stereocenters. The van der Waals surface area contributed by atoms with Gasteiger partial charge in [-0.2, -0.15) is 0 Å². The summed E-state index contributed by atoms with van der Waals surface area (Å²) in [6, 6.07) is 16.5. The second-order valence-corrected chi connectivity index (χ2v) is 7.24. The maximum absolute atomic E-state index is 12.3. The van der Waals surface area contributed by atoms with Gasteiger partial charge in [-0.05, 0) is 35.7 Å². The van der Waals surface area contributed by atoms with Gasteiger partial charge in [0, 0.05) is 11.1 Å². The summed E-state index contributed by atoms with van der Waals surface area (Å²) < 4.78 is 5.24. The van der Waals surface area contributed by atoms with Gasteiger partial charge < -0.3 is 10.1 Å². The first-order valence-electron chi connectivity index (χ1n) is 8.61. The van der Waals surface area contributed by atoms with Gasteiger partial charge in [-0.1, -0.05) is 44.2 Å². The van der Waals surface area contributed by atoms with Gasteiger partial charge in [0.15, 0.2) is 0 Å². The average Bonchev–Trinajstić information content (AvgIpc) is 3.16. The van der Waals surface area contributed by atoms with Crippen LogP contribution in [-0.2, 0) is 11.3 Å². The Kier molecular flexibility index (Phi) is 5.98. The van der Waals surface area contributed by atoms with E-state index in [0.29, 0.717) is 22.2 Å². The number of carbonyl (C=O) groups excluding carboxylic acids is 2. The number of ether oxygens (including phenoxy) is 1. The molecule has 0 aliphatic rings. The molecule has 1 aromatic heterocycles. The van der Waals surface area contributed by atoms with Crippen molar-refractivity contribution < 1.29 is 14.3 Å². The summed E-state index contributed by atoms with van der Waals surface area (Å²) in [5.74, 6) is -0.263. The van der Waals surface area contributed by atoms with Crippen LogP contribution in [0.15, 0.2) is 60.0 Å². The van der Waals surface area contributed by atoms with E-state index in [2.05, 4.69) is 24.1 Å². The summed E-state index contributed by atoms with van der Waals surface area (Å²) >= 11 is 1.28. The Balaban J connectivity index is 1.56. The number of thiazole rings is 1. The van der Waals surface area contributed by atoms with Gasteiger partial charge in [-0.3, -0.25) is 4.79 Å². The minimum absolute atomic E-state index is 0.0365. The largest absolute Gasteiger partial charge is 0.455 e. The number of hydrogen-bond donors (Lipinski definition) is 1. The molecule has 138 valence electrons. The van der Waals surface area contributed by atoms with Crippen molar-refractivity contribution in [2.75, 3.05) is 5.32 Å². The number of nitrogens with one attached hydrogen (secondary N) is 1. The van der Waals surface area contributed by atoms with Gasteiger partial charge in [0.1, 0.15) is 17.3 Å². The Morgan fingerprint density at radius 1 is 1.07 bits per heavy atom. The number of carbonyl (C=O) groups is 2. The zero-order chi connectivity index (χ0) is 19.2. The van der Waals surface area contributed by atoms with Crippen molar-refractivity contribution in [2.24, 2.45) is 0 Å². The van der Waals surface area contributed by atoms with E-state index < -0.39 is 5.97 Å². The Labute approximate surface area is 162 Å². The summed E-state index contributed by atoms with van der Waals surface area (Å²) in [5.41, 5.74) is 2.72. The van der Waals surface area contributed by atoms with Crippen LogP contribution in [-0.4, -0.2) is 16.9 Å². The van der Waals surface area contributed by atoms with Gasteiger partial charge in [0.25, 0.3) is 5.91 Å². The fourth-order valence-electron chi connectivity index (χ4n) is 2.41. The molecule has 0 bridgehead atoms. The van der Waals surface area contributed by atoms with Crippen molar-refractivity contribution in [1.82, 2.24) is 4.98 Å². The lowest BCUT2D eigenvalue weighted by molar-refractivity contribution is 0.0472. The number of rotatable bonds is 6. The number of esters is 1. The number of hydrogen-bond acceptors (Lipinski definition) is 5. The van der Waals surface area contributed by atoms with Gasteiger partial charge in [0.2, 0.25) is 0 Å². The monoisotopic (exact) mass is 380 g/mol. The van der Waals surface area contributed by atoms with Crippen LogP contribution in [0.1, 0.15) is 51.2 Å². The van der Waals surface area contributed by atoms with Crippen molar-refractivity contribution in [3.63, 3.8) is 0 Å². The molecule has 0 saturated heterocycles. The summed E-state index contributed by atoms with van der Waals surface area (Å²) in [4.78, 5) is 28.5. The minimum atomic E-state index is -0.415. The first-order chi connectivity index (χ1) is 13.0. The molecule has 6 heteroatoms. The summed E-state index contributed by atoms with van der Waals surface area (Å²) in [5, 5.41) is 5.05. The molecule has 0 aliphatic carbocycles. The van der Waals surface area contributed by atoms with Gasteiger partial charge in [0.05, 0.1) is 5.56 Å². The molecule has 0 fully saturated rings. The van der Waals surface area contributed by atoms with E-state index >= 15 is 0 Å². The van der Waals surface area contributed by atoms with Crippen LogP contribution >= 0.6 is 11.3 Å². The van der Waals surface area contributed by atoms with Crippen LogP contribution in [0.2, 0.25) is 0 Å². The molecule has 0 aliphatic heterocycles. The second-order valence-electron chi connectivity index (χ2n) is 6.30. The molecule has 0 spiro atoms. The standard InChI is InChI=1S/C21H20N2O3S/c1-14(2)15-8-10-17(11-9-15)22-20(24)18-13-27-19(23-18)12-26-21(25)16-6-4-3-5-7-16/h3-11,13-14H,12H2,1-2H3,(H,22,24). The van der Waals surface area contributed by atoms with Crippen molar-refractivity contribution in [2.45, 2.75) is 26.4 Å². The third-order valence-electron chi connectivity index (χ3n) is 3.96. The minimum Gasteiger partial charge on any atom is -0.455 e. The number of benzene rings is 2. The average molecular weight is 380 g/mol. The molecule has 0 saturated carbocycles. The fraction of sp³-hybridized carbons (Fsp3) is 0.190. The van der Waals surface area contributed by atoms with E-state index in [4.69, 9.17) is 4.74 Å². The van der Waals surface area contributed by atoms with Gasteiger partial charge >= 0.3 is 5.97 Å². The van der Waals surface area contributed by atoms with E-state index in [-0.39, 0.29) is 12.5 Å². The lowest BCUT2D eigenvalue weighted by atomic mass is 10.0. The maximum atomic E-state index is 12.3. The summed E-state index contributed by atoms with van der Waals surface area (Å²) in [6.07, 6.45) is 0. The molecular formula is C21H20N2O3S. The Morgan fingerprint density at radius 3 is 2.44 bits per heavy atom. The molecule has 1 amide bonds. The van der Waals surface area contributed by atoms with E-state index in [0.717, 1.165) is 5.69 Å². The van der Waals surface area contributed by atoms with Crippen LogP contribution in [0.3, 0.4) is 0 Å². The highest BCUT2D eigenvalue weighted by molar-refractivity contribution is 7.09. The fourth-order valence-corrected chi connectivity index (χ4v) is 3.10. The van der Waals surface area contributed by atoms with Crippen LogP contribution in [0.4, 0.5) is 5.69 Å². The van der Waals surface area contributed by atoms with Crippen LogP contribution < -0.4 is 5.32 Å². The molecule has 0 radical (unpaired) electrons. The van der Waals surface area contributed by atoms with Crippen molar-refractivity contribution in [3.05, 3.63) is 81.8 Å². The predicted molar refractivity (Wildman–Crippen MR) is 106 cm³/mol. The first kappa shape index (κ1) is 18.8. The zero-order valence-electron chi connectivity index (χ0n) is 15.1. The quantitative estimate of drug-likeness (QED) is 0.619. The van der Waals surface area contributed by atoms with Gasteiger partial charge in [-0.25, -0.2) is 9.78 Å².